The van der Waals surface area contributed by atoms with Crippen LogP contribution in [0.15, 0.2) is 61.2 Å². The Labute approximate surface area is 201 Å². The van der Waals surface area contributed by atoms with Crippen LogP contribution in [0, 0.1) is 11.3 Å². The molecule has 0 spiro atoms. The third kappa shape index (κ3) is 4.84. The topological polar surface area (TPSA) is 126 Å². The number of aromatic nitrogens is 4. The predicted octanol–water partition coefficient (Wildman–Crippen LogP) is 3.17. The van der Waals surface area contributed by atoms with E-state index in [-0.39, 0.29) is 6.10 Å². The van der Waals surface area contributed by atoms with E-state index in [0.717, 1.165) is 37.3 Å². The molecule has 0 amide bonds. The Balaban J connectivity index is 1.34. The van der Waals surface area contributed by atoms with Crippen molar-refractivity contribution in [3.05, 3.63) is 66.7 Å². The molecule has 1 aliphatic rings. The van der Waals surface area contributed by atoms with E-state index in [1.54, 1.807) is 24.7 Å². The van der Waals surface area contributed by atoms with Crippen molar-refractivity contribution in [2.45, 2.75) is 18.9 Å². The number of ether oxygens (including phenoxy) is 2. The van der Waals surface area contributed by atoms with Crippen LogP contribution in [0.2, 0.25) is 0 Å². The van der Waals surface area contributed by atoms with Crippen molar-refractivity contribution in [1.82, 2.24) is 19.6 Å². The third-order valence-electron chi connectivity index (χ3n) is 5.82. The Bertz CT molecular complexity index is 1370. The summed E-state index contributed by atoms with van der Waals surface area (Å²) in [4.78, 5) is 22.0. The van der Waals surface area contributed by atoms with Gasteiger partial charge in [-0.15, -0.1) is 0 Å². The van der Waals surface area contributed by atoms with Crippen LogP contribution in [0.5, 0.6) is 11.6 Å². The first kappa shape index (κ1) is 22.2. The van der Waals surface area contributed by atoms with Crippen LogP contribution in [0.3, 0.4) is 0 Å². The molecule has 1 aliphatic heterocycles. The van der Waals surface area contributed by atoms with Crippen molar-refractivity contribution in [2.75, 3.05) is 24.6 Å². The van der Waals surface area contributed by atoms with E-state index in [1.165, 1.54) is 10.7 Å². The summed E-state index contributed by atoms with van der Waals surface area (Å²) in [6.45, 7) is 1.15. The molecule has 0 saturated carbocycles. The number of carboxylic acid groups (broad SMARTS) is 1. The van der Waals surface area contributed by atoms with Crippen molar-refractivity contribution in [2.24, 2.45) is 0 Å². The van der Waals surface area contributed by atoms with E-state index in [9.17, 15) is 10.1 Å². The van der Waals surface area contributed by atoms with Crippen LogP contribution in [0.1, 0.15) is 18.4 Å². The molecule has 10 nitrogen and oxygen atoms in total. The van der Waals surface area contributed by atoms with Gasteiger partial charge in [0, 0.05) is 55.5 Å². The van der Waals surface area contributed by atoms with E-state index in [4.69, 9.17) is 14.6 Å². The minimum absolute atomic E-state index is 0.119. The first-order valence-electron chi connectivity index (χ1n) is 11.2. The molecule has 0 aromatic carbocycles. The number of nitriles is 1. The summed E-state index contributed by atoms with van der Waals surface area (Å²) in [5, 5.41) is 22.7. The second kappa shape index (κ2) is 9.69. The van der Waals surface area contributed by atoms with Crippen LogP contribution >= 0.6 is 0 Å². The Kier molecular flexibility index (Phi) is 6.13. The zero-order chi connectivity index (χ0) is 24.2. The highest BCUT2D eigenvalue weighted by Gasteiger charge is 2.22. The van der Waals surface area contributed by atoms with Gasteiger partial charge in [0.1, 0.15) is 23.7 Å². The van der Waals surface area contributed by atoms with Crippen molar-refractivity contribution in [3.8, 4) is 28.8 Å². The molecule has 0 radical (unpaired) electrons. The van der Waals surface area contributed by atoms with Gasteiger partial charge in [-0.2, -0.15) is 10.4 Å². The van der Waals surface area contributed by atoms with Gasteiger partial charge in [0.15, 0.2) is 6.61 Å². The fourth-order valence-corrected chi connectivity index (χ4v) is 4.15. The number of piperidine rings is 1. The fourth-order valence-electron chi connectivity index (χ4n) is 4.15. The molecule has 4 aromatic heterocycles. The number of carbonyl (C=O) groups is 1. The molecule has 35 heavy (non-hydrogen) atoms. The van der Waals surface area contributed by atoms with Crippen LogP contribution < -0.4 is 14.4 Å². The number of aliphatic carboxylic acids is 1. The maximum absolute atomic E-state index is 10.9. The average Bonchev–Trinajstić information content (AvgIpc) is 3.31. The van der Waals surface area contributed by atoms with Gasteiger partial charge in [-0.25, -0.2) is 19.3 Å². The van der Waals surface area contributed by atoms with Crippen LogP contribution in [-0.4, -0.2) is 56.5 Å². The lowest BCUT2D eigenvalue weighted by atomic mass is 10.0. The van der Waals surface area contributed by atoms with Crippen molar-refractivity contribution in [1.29, 1.82) is 5.26 Å². The molecule has 5 rings (SSSR count). The molecule has 1 saturated heterocycles. The maximum atomic E-state index is 10.9. The van der Waals surface area contributed by atoms with Gasteiger partial charge in [-0.1, -0.05) is 6.07 Å². The standard InChI is InChI=1S/C25H22N6O4/c26-12-18-14-29-31-15-20(34-16-24(32)33)11-21(25(18)31)17-4-5-22(28-13-17)30-9-6-19(7-10-30)35-23-3-1-2-8-27-23/h1-5,8,11,13-15,19H,6-7,9-10,16H2,(H,32,33). The molecule has 0 bridgehead atoms. The summed E-state index contributed by atoms with van der Waals surface area (Å²) in [5.41, 5.74) is 2.47. The molecule has 10 heteroatoms. The van der Waals surface area contributed by atoms with Crippen LogP contribution in [0.4, 0.5) is 5.82 Å². The maximum Gasteiger partial charge on any atom is 0.341 e. The molecule has 4 aromatic rings. The van der Waals surface area contributed by atoms with Crippen molar-refractivity contribution < 1.29 is 19.4 Å². The third-order valence-corrected chi connectivity index (χ3v) is 5.82. The molecule has 1 N–H and O–H groups in total. The summed E-state index contributed by atoms with van der Waals surface area (Å²) in [7, 11) is 0. The number of hydrogen-bond donors (Lipinski definition) is 1. The lowest BCUT2D eigenvalue weighted by Gasteiger charge is -2.32. The molecule has 0 aliphatic carbocycles. The van der Waals surface area contributed by atoms with Gasteiger partial charge in [0.05, 0.1) is 23.5 Å². The van der Waals surface area contributed by atoms with Gasteiger partial charge in [-0.05, 0) is 24.3 Å². The van der Waals surface area contributed by atoms with Gasteiger partial charge >= 0.3 is 5.97 Å². The van der Waals surface area contributed by atoms with Gasteiger partial charge in [0.25, 0.3) is 0 Å². The number of hydrogen-bond acceptors (Lipinski definition) is 8. The molecule has 176 valence electrons. The Morgan fingerprint density at radius 3 is 2.71 bits per heavy atom. The molecular weight excluding hydrogens is 448 g/mol. The Morgan fingerprint density at radius 1 is 1.17 bits per heavy atom. The van der Waals surface area contributed by atoms with Crippen molar-refractivity contribution in [3.63, 3.8) is 0 Å². The highest BCUT2D eigenvalue weighted by molar-refractivity contribution is 5.85. The average molecular weight is 470 g/mol. The van der Waals surface area contributed by atoms with Gasteiger partial charge < -0.3 is 19.5 Å². The minimum atomic E-state index is -1.08. The van der Waals surface area contributed by atoms with Gasteiger partial charge in [-0.3, -0.25) is 0 Å². The zero-order valence-electron chi connectivity index (χ0n) is 18.7. The summed E-state index contributed by atoms with van der Waals surface area (Å²) in [6.07, 6.45) is 8.35. The first-order valence-corrected chi connectivity index (χ1v) is 11.2. The first-order chi connectivity index (χ1) is 17.1. The Hall–Kier alpha value is -4.65. The lowest BCUT2D eigenvalue weighted by molar-refractivity contribution is -0.139. The van der Waals surface area contributed by atoms with E-state index in [0.29, 0.717) is 28.3 Å². The quantitative estimate of drug-likeness (QED) is 0.433. The van der Waals surface area contributed by atoms with Crippen LogP contribution in [-0.2, 0) is 4.79 Å². The van der Waals surface area contributed by atoms with E-state index in [2.05, 4.69) is 26.0 Å². The van der Waals surface area contributed by atoms with E-state index in [1.807, 2.05) is 30.3 Å². The highest BCUT2D eigenvalue weighted by atomic mass is 16.5. The largest absolute Gasteiger partial charge is 0.480 e. The monoisotopic (exact) mass is 470 g/mol. The Morgan fingerprint density at radius 2 is 2.03 bits per heavy atom. The molecule has 0 atom stereocenters. The van der Waals surface area contributed by atoms with Crippen molar-refractivity contribution >= 4 is 17.3 Å². The minimum Gasteiger partial charge on any atom is -0.480 e. The summed E-state index contributed by atoms with van der Waals surface area (Å²) in [6, 6.07) is 13.4. The second-order valence-corrected chi connectivity index (χ2v) is 8.11. The molecule has 0 unspecified atom stereocenters. The fraction of sp³-hybridized carbons (Fsp3) is 0.240. The summed E-state index contributed by atoms with van der Waals surface area (Å²) >= 11 is 0. The molecular formula is C25H22N6O4. The summed E-state index contributed by atoms with van der Waals surface area (Å²) in [5.74, 6) is 0.755. The SMILES string of the molecule is N#Cc1cnn2cc(OCC(=O)O)cc(-c3ccc(N4CCC(Oc5ccccn5)CC4)nc3)c12. The number of fused-ring (bicyclic) bond motifs is 1. The number of pyridine rings is 3. The van der Waals surface area contributed by atoms with Crippen LogP contribution in [0.25, 0.3) is 16.6 Å². The molecule has 5 heterocycles. The van der Waals surface area contributed by atoms with E-state index < -0.39 is 12.6 Å². The normalized spacial score (nSPS) is 14.0. The number of nitrogens with zero attached hydrogens (tertiary/aromatic N) is 6. The predicted molar refractivity (Wildman–Crippen MR) is 126 cm³/mol. The highest BCUT2D eigenvalue weighted by Crippen LogP contribution is 2.31. The zero-order valence-corrected chi connectivity index (χ0v) is 18.7. The smallest absolute Gasteiger partial charge is 0.341 e. The second-order valence-electron chi connectivity index (χ2n) is 8.11. The summed E-state index contributed by atoms with van der Waals surface area (Å²) < 4.78 is 12.9. The van der Waals surface area contributed by atoms with Gasteiger partial charge in [0.2, 0.25) is 5.88 Å². The number of rotatable bonds is 7. The molecule has 1 fully saturated rings. The number of carboxylic acids is 1. The van der Waals surface area contributed by atoms with E-state index >= 15 is 0 Å². The number of anilines is 1. The lowest BCUT2D eigenvalue weighted by Crippen LogP contribution is -2.38.